The monoisotopic (exact) mass is 485 g/mol. The maximum atomic E-state index is 12.2. The lowest BCUT2D eigenvalue weighted by Crippen LogP contribution is -2.14. The molecule has 1 N–H and O–H groups in total. The number of nitrogens with zero attached hydrogens (tertiary/aromatic N) is 2. The minimum atomic E-state index is -0.104. The van der Waals surface area contributed by atoms with Crippen molar-refractivity contribution in [3.8, 4) is 10.6 Å². The van der Waals surface area contributed by atoms with Gasteiger partial charge in [-0.1, -0.05) is 80.3 Å². The first kappa shape index (κ1) is 25.2. The lowest BCUT2D eigenvalue weighted by Gasteiger charge is -2.14. The van der Waals surface area contributed by atoms with Crippen LogP contribution in [0.5, 0.6) is 0 Å². The zero-order chi connectivity index (χ0) is 23.5. The van der Waals surface area contributed by atoms with Gasteiger partial charge in [0.25, 0.3) is 0 Å². The van der Waals surface area contributed by atoms with E-state index >= 15 is 0 Å². The molecule has 0 saturated heterocycles. The molecule has 0 radical (unpaired) electrons. The standard InChI is InChI=1S/C26H32ClN3O2S/c1-3-5-9-19(4-2)18-32-24(31)13-8-11-20-10-6-7-12-23(20)25-29-30-26(33-25)28-22-16-14-21(27)15-17-22/h6-7,10,12,14-17,19H,3-5,8-9,11,13,18H2,1-2H3,(H,28,30). The van der Waals surface area contributed by atoms with Gasteiger partial charge in [-0.2, -0.15) is 0 Å². The number of aromatic nitrogens is 2. The molecule has 2 aromatic carbocycles. The van der Waals surface area contributed by atoms with E-state index in [9.17, 15) is 4.79 Å². The fourth-order valence-corrected chi connectivity index (χ4v) is 4.54. The van der Waals surface area contributed by atoms with E-state index < -0.39 is 0 Å². The topological polar surface area (TPSA) is 64.1 Å². The minimum absolute atomic E-state index is 0.104. The predicted octanol–water partition coefficient (Wildman–Crippen LogP) is 7.68. The molecular formula is C26H32ClN3O2S. The Morgan fingerprint density at radius 1 is 1.09 bits per heavy atom. The zero-order valence-corrected chi connectivity index (χ0v) is 20.9. The number of nitrogens with one attached hydrogen (secondary N) is 1. The molecule has 1 unspecified atom stereocenters. The van der Waals surface area contributed by atoms with Crippen LogP contribution in [0.3, 0.4) is 0 Å². The van der Waals surface area contributed by atoms with Crippen molar-refractivity contribution in [1.82, 2.24) is 10.2 Å². The Hall–Kier alpha value is -2.44. The van der Waals surface area contributed by atoms with Gasteiger partial charge in [-0.25, -0.2) is 0 Å². The highest BCUT2D eigenvalue weighted by atomic mass is 35.5. The molecule has 0 aliphatic carbocycles. The first-order valence-electron chi connectivity index (χ1n) is 11.7. The van der Waals surface area contributed by atoms with E-state index in [4.69, 9.17) is 16.3 Å². The Kier molecular flexibility index (Phi) is 10.2. The summed E-state index contributed by atoms with van der Waals surface area (Å²) in [6, 6.07) is 15.6. The number of anilines is 2. The molecule has 0 aliphatic heterocycles. The highest BCUT2D eigenvalue weighted by molar-refractivity contribution is 7.18. The largest absolute Gasteiger partial charge is 0.465 e. The van der Waals surface area contributed by atoms with Gasteiger partial charge in [0.05, 0.1) is 6.61 Å². The highest BCUT2D eigenvalue weighted by Crippen LogP contribution is 2.31. The zero-order valence-electron chi connectivity index (χ0n) is 19.4. The number of carbonyl (C=O) groups excluding carboxylic acids is 1. The van der Waals surface area contributed by atoms with E-state index in [1.807, 2.05) is 36.4 Å². The first-order valence-corrected chi connectivity index (χ1v) is 12.9. The van der Waals surface area contributed by atoms with Gasteiger partial charge < -0.3 is 10.1 Å². The second-order valence-electron chi connectivity index (χ2n) is 8.15. The number of hydrogen-bond donors (Lipinski definition) is 1. The van der Waals surface area contributed by atoms with Crippen LogP contribution in [0.15, 0.2) is 48.5 Å². The number of benzene rings is 2. The Balaban J connectivity index is 1.53. The second kappa shape index (κ2) is 13.3. The molecule has 0 amide bonds. The molecular weight excluding hydrogens is 454 g/mol. The van der Waals surface area contributed by atoms with Crippen molar-refractivity contribution >= 4 is 39.7 Å². The molecule has 176 valence electrons. The average molecular weight is 486 g/mol. The third kappa shape index (κ3) is 8.13. The Labute approximate surface area is 205 Å². The summed E-state index contributed by atoms with van der Waals surface area (Å²) in [6.45, 7) is 4.89. The summed E-state index contributed by atoms with van der Waals surface area (Å²) in [6.07, 6.45) is 6.51. The highest BCUT2D eigenvalue weighted by Gasteiger charge is 2.13. The third-order valence-electron chi connectivity index (χ3n) is 5.62. The van der Waals surface area contributed by atoms with E-state index in [1.165, 1.54) is 24.2 Å². The van der Waals surface area contributed by atoms with E-state index in [2.05, 4.69) is 41.5 Å². The molecule has 1 aromatic heterocycles. The van der Waals surface area contributed by atoms with Crippen LogP contribution in [0.1, 0.15) is 57.9 Å². The normalized spacial score (nSPS) is 11.8. The number of aryl methyl sites for hydroxylation is 1. The fourth-order valence-electron chi connectivity index (χ4n) is 3.59. The van der Waals surface area contributed by atoms with Crippen LogP contribution in [-0.2, 0) is 16.0 Å². The van der Waals surface area contributed by atoms with Crippen molar-refractivity contribution in [2.45, 2.75) is 58.8 Å². The molecule has 3 rings (SSSR count). The number of rotatable bonds is 13. The summed E-state index contributed by atoms with van der Waals surface area (Å²) in [5.74, 6) is 0.371. The van der Waals surface area contributed by atoms with E-state index in [0.717, 1.165) is 52.6 Å². The fraction of sp³-hybridized carbons (Fsp3) is 0.423. The van der Waals surface area contributed by atoms with Crippen molar-refractivity contribution in [3.63, 3.8) is 0 Å². The van der Waals surface area contributed by atoms with Crippen LogP contribution >= 0.6 is 22.9 Å². The number of ether oxygens (including phenoxy) is 1. The molecule has 3 aromatic rings. The van der Waals surface area contributed by atoms with Crippen LogP contribution < -0.4 is 5.32 Å². The quantitative estimate of drug-likeness (QED) is 0.251. The van der Waals surface area contributed by atoms with Crippen molar-refractivity contribution in [2.24, 2.45) is 5.92 Å². The van der Waals surface area contributed by atoms with E-state index in [1.54, 1.807) is 0 Å². The minimum Gasteiger partial charge on any atom is -0.465 e. The molecule has 33 heavy (non-hydrogen) atoms. The van der Waals surface area contributed by atoms with Gasteiger partial charge in [-0.05, 0) is 55.0 Å². The summed E-state index contributed by atoms with van der Waals surface area (Å²) in [4.78, 5) is 12.2. The van der Waals surface area contributed by atoms with Gasteiger partial charge >= 0.3 is 5.97 Å². The van der Waals surface area contributed by atoms with Gasteiger partial charge in [-0.3, -0.25) is 4.79 Å². The Bertz CT molecular complexity index is 1010. The summed E-state index contributed by atoms with van der Waals surface area (Å²) < 4.78 is 5.54. The van der Waals surface area contributed by atoms with Gasteiger partial charge in [0.2, 0.25) is 5.13 Å². The molecule has 0 fully saturated rings. The molecule has 1 atom stereocenters. The first-order chi connectivity index (χ1) is 16.1. The third-order valence-corrected chi connectivity index (χ3v) is 6.74. The van der Waals surface area contributed by atoms with Crippen LogP contribution in [0, 0.1) is 5.92 Å². The van der Waals surface area contributed by atoms with Gasteiger partial charge in [0.15, 0.2) is 0 Å². The summed E-state index contributed by atoms with van der Waals surface area (Å²) in [5, 5.41) is 14.2. The Morgan fingerprint density at radius 3 is 2.64 bits per heavy atom. The molecule has 1 heterocycles. The molecule has 0 spiro atoms. The second-order valence-corrected chi connectivity index (χ2v) is 9.57. The van der Waals surface area contributed by atoms with Crippen LogP contribution in [-0.4, -0.2) is 22.8 Å². The molecule has 5 nitrogen and oxygen atoms in total. The number of unbranched alkanes of at least 4 members (excludes halogenated alkanes) is 1. The molecule has 0 aliphatic rings. The van der Waals surface area contributed by atoms with Crippen LogP contribution in [0.4, 0.5) is 10.8 Å². The van der Waals surface area contributed by atoms with E-state index in [0.29, 0.717) is 24.0 Å². The maximum absolute atomic E-state index is 12.2. The maximum Gasteiger partial charge on any atom is 0.305 e. The number of halogens is 1. The number of esters is 1. The van der Waals surface area contributed by atoms with Gasteiger partial charge in [0.1, 0.15) is 5.01 Å². The summed E-state index contributed by atoms with van der Waals surface area (Å²) in [7, 11) is 0. The van der Waals surface area contributed by atoms with Crippen LogP contribution in [0.2, 0.25) is 5.02 Å². The van der Waals surface area contributed by atoms with Crippen molar-refractivity contribution in [3.05, 3.63) is 59.1 Å². The Morgan fingerprint density at radius 2 is 1.88 bits per heavy atom. The molecule has 0 saturated carbocycles. The summed E-state index contributed by atoms with van der Waals surface area (Å²) >= 11 is 7.45. The van der Waals surface area contributed by atoms with Crippen LogP contribution in [0.25, 0.3) is 10.6 Å². The number of hydrogen-bond acceptors (Lipinski definition) is 6. The smallest absolute Gasteiger partial charge is 0.305 e. The summed E-state index contributed by atoms with van der Waals surface area (Å²) in [5.41, 5.74) is 3.13. The molecule has 7 heteroatoms. The number of carbonyl (C=O) groups is 1. The van der Waals surface area contributed by atoms with Crippen molar-refractivity contribution in [2.75, 3.05) is 11.9 Å². The lowest BCUT2D eigenvalue weighted by molar-refractivity contribution is -0.145. The van der Waals surface area contributed by atoms with Crippen molar-refractivity contribution < 1.29 is 9.53 Å². The predicted molar refractivity (Wildman–Crippen MR) is 137 cm³/mol. The molecule has 0 bridgehead atoms. The van der Waals surface area contributed by atoms with Gasteiger partial charge in [-0.15, -0.1) is 10.2 Å². The lowest BCUT2D eigenvalue weighted by atomic mass is 10.0. The SMILES string of the molecule is CCCCC(CC)COC(=O)CCCc1ccccc1-c1nnc(Nc2ccc(Cl)cc2)s1. The van der Waals surface area contributed by atoms with E-state index in [-0.39, 0.29) is 5.97 Å². The van der Waals surface area contributed by atoms with Gasteiger partial charge in [0, 0.05) is 22.7 Å². The van der Waals surface area contributed by atoms with Crippen molar-refractivity contribution in [1.29, 1.82) is 0 Å². The average Bonchev–Trinajstić information content (AvgIpc) is 3.29.